The number of carbonyl (C=O) groups is 1. The summed E-state index contributed by atoms with van der Waals surface area (Å²) in [5.41, 5.74) is -2.85. The van der Waals surface area contributed by atoms with Gasteiger partial charge in [-0.15, -0.1) is 0 Å². The zero-order chi connectivity index (χ0) is 23.5. The van der Waals surface area contributed by atoms with Gasteiger partial charge in [0.2, 0.25) is 0 Å². The fourth-order valence-electron chi connectivity index (χ4n) is 2.86. The number of nitrogens with zero attached hydrogens (tertiary/aromatic N) is 3. The SMILES string of the molecule is N#Cc1ccc(C(=O)NC(c2ccc(C(F)(F)F)cc2)c2ncccc2C(F)(F)F)nc1. The quantitative estimate of drug-likeness (QED) is 0.574. The average Bonchev–Trinajstić information content (AvgIpc) is 2.76. The fraction of sp³-hybridized carbons (Fsp3) is 0.143. The van der Waals surface area contributed by atoms with E-state index in [2.05, 4.69) is 15.3 Å². The maximum atomic E-state index is 13.5. The van der Waals surface area contributed by atoms with Gasteiger partial charge >= 0.3 is 12.4 Å². The Kier molecular flexibility index (Phi) is 6.16. The predicted molar refractivity (Wildman–Crippen MR) is 98.9 cm³/mol. The zero-order valence-electron chi connectivity index (χ0n) is 15.9. The summed E-state index contributed by atoms with van der Waals surface area (Å²) in [6, 6.07) is 7.91. The summed E-state index contributed by atoms with van der Waals surface area (Å²) >= 11 is 0. The van der Waals surface area contributed by atoms with Gasteiger partial charge in [0, 0.05) is 12.4 Å². The smallest absolute Gasteiger partial charge is 0.338 e. The normalized spacial score (nSPS) is 12.7. The standard InChI is InChI=1S/C21H12F6N4O/c22-20(23,24)14-6-4-13(5-7-14)17(18-15(21(25,26)27)2-1-9-29-18)31-19(32)16-8-3-12(10-28)11-30-16/h1-9,11,17H,(H,31,32). The molecule has 0 spiro atoms. The minimum absolute atomic E-state index is 0.0517. The molecular weight excluding hydrogens is 438 g/mol. The van der Waals surface area contributed by atoms with Crippen molar-refractivity contribution in [2.45, 2.75) is 18.4 Å². The van der Waals surface area contributed by atoms with E-state index in [1.807, 2.05) is 0 Å². The number of hydrogen-bond acceptors (Lipinski definition) is 4. The molecule has 164 valence electrons. The molecule has 0 aliphatic heterocycles. The lowest BCUT2D eigenvalue weighted by Crippen LogP contribution is -2.32. The maximum Gasteiger partial charge on any atom is 0.418 e. The number of pyridine rings is 2. The van der Waals surface area contributed by atoms with Crippen molar-refractivity contribution in [2.24, 2.45) is 0 Å². The Morgan fingerprint density at radius 2 is 1.62 bits per heavy atom. The van der Waals surface area contributed by atoms with Crippen molar-refractivity contribution in [2.75, 3.05) is 0 Å². The van der Waals surface area contributed by atoms with Gasteiger partial charge in [0.1, 0.15) is 11.8 Å². The Morgan fingerprint density at radius 1 is 0.938 bits per heavy atom. The van der Waals surface area contributed by atoms with Gasteiger partial charge in [-0.25, -0.2) is 4.98 Å². The molecule has 0 saturated heterocycles. The summed E-state index contributed by atoms with van der Waals surface area (Å²) in [5, 5.41) is 11.2. The Bertz CT molecular complexity index is 1150. The Balaban J connectivity index is 2.06. The Morgan fingerprint density at radius 3 is 2.16 bits per heavy atom. The molecule has 5 nitrogen and oxygen atoms in total. The molecule has 0 radical (unpaired) electrons. The van der Waals surface area contributed by atoms with E-state index in [0.29, 0.717) is 12.1 Å². The van der Waals surface area contributed by atoms with E-state index in [1.165, 1.54) is 12.1 Å². The van der Waals surface area contributed by atoms with E-state index in [-0.39, 0.29) is 16.8 Å². The highest BCUT2D eigenvalue weighted by Gasteiger charge is 2.37. The first-order chi connectivity index (χ1) is 15.0. The van der Waals surface area contributed by atoms with Gasteiger partial charge < -0.3 is 5.32 Å². The van der Waals surface area contributed by atoms with Gasteiger partial charge in [-0.05, 0) is 42.0 Å². The molecule has 2 heterocycles. The van der Waals surface area contributed by atoms with Gasteiger partial charge in [-0.3, -0.25) is 9.78 Å². The highest BCUT2D eigenvalue weighted by atomic mass is 19.4. The van der Waals surface area contributed by atoms with Crippen molar-refractivity contribution in [1.29, 1.82) is 5.26 Å². The molecule has 11 heteroatoms. The van der Waals surface area contributed by atoms with Gasteiger partial charge in [0.25, 0.3) is 5.91 Å². The second-order valence-corrected chi connectivity index (χ2v) is 6.50. The van der Waals surface area contributed by atoms with E-state index >= 15 is 0 Å². The van der Waals surface area contributed by atoms with Crippen LogP contribution in [0.15, 0.2) is 60.9 Å². The van der Waals surface area contributed by atoms with Crippen LogP contribution in [0.4, 0.5) is 26.3 Å². The summed E-state index contributed by atoms with van der Waals surface area (Å²) < 4.78 is 79.3. The molecule has 32 heavy (non-hydrogen) atoms. The van der Waals surface area contributed by atoms with Crippen molar-refractivity contribution >= 4 is 5.91 Å². The molecule has 0 fully saturated rings. The summed E-state index contributed by atoms with van der Waals surface area (Å²) in [4.78, 5) is 20.2. The van der Waals surface area contributed by atoms with Crippen molar-refractivity contribution in [1.82, 2.24) is 15.3 Å². The summed E-state index contributed by atoms with van der Waals surface area (Å²) in [6.07, 6.45) is -7.30. The first-order valence-electron chi connectivity index (χ1n) is 8.87. The number of hydrogen-bond donors (Lipinski definition) is 1. The third-order valence-corrected chi connectivity index (χ3v) is 4.39. The first kappa shape index (κ1) is 22.7. The Labute approximate surface area is 177 Å². The van der Waals surface area contributed by atoms with Gasteiger partial charge in [-0.1, -0.05) is 12.1 Å². The number of amides is 1. The Hall–Kier alpha value is -3.94. The monoisotopic (exact) mass is 450 g/mol. The molecule has 0 aliphatic rings. The molecule has 1 unspecified atom stereocenters. The predicted octanol–water partition coefficient (Wildman–Crippen LogP) is 4.91. The number of carbonyl (C=O) groups excluding carboxylic acids is 1. The minimum Gasteiger partial charge on any atom is -0.338 e. The first-order valence-corrected chi connectivity index (χ1v) is 8.87. The molecule has 1 aromatic carbocycles. The molecule has 3 aromatic rings. The van der Waals surface area contributed by atoms with E-state index in [4.69, 9.17) is 5.26 Å². The summed E-state index contributed by atoms with van der Waals surface area (Å²) in [5.74, 6) is -0.904. The van der Waals surface area contributed by atoms with Crippen LogP contribution in [0.25, 0.3) is 0 Å². The third-order valence-electron chi connectivity index (χ3n) is 4.39. The number of benzene rings is 1. The number of nitriles is 1. The summed E-state index contributed by atoms with van der Waals surface area (Å²) in [6.45, 7) is 0. The van der Waals surface area contributed by atoms with Gasteiger partial charge in [0.15, 0.2) is 0 Å². The number of halogens is 6. The average molecular weight is 450 g/mol. The van der Waals surface area contributed by atoms with Gasteiger partial charge in [0.05, 0.1) is 28.4 Å². The highest BCUT2D eigenvalue weighted by Crippen LogP contribution is 2.36. The largest absolute Gasteiger partial charge is 0.418 e. The number of rotatable bonds is 4. The number of nitrogens with one attached hydrogen (secondary N) is 1. The lowest BCUT2D eigenvalue weighted by molar-refractivity contribution is -0.139. The topological polar surface area (TPSA) is 78.7 Å². The van der Waals surface area contributed by atoms with Crippen LogP contribution in [0.1, 0.15) is 44.5 Å². The molecule has 3 rings (SSSR count). The lowest BCUT2D eigenvalue weighted by Gasteiger charge is -2.22. The second-order valence-electron chi connectivity index (χ2n) is 6.50. The second kappa shape index (κ2) is 8.66. The van der Waals surface area contributed by atoms with Crippen molar-refractivity contribution in [3.8, 4) is 6.07 Å². The number of alkyl halides is 6. The van der Waals surface area contributed by atoms with Gasteiger partial charge in [-0.2, -0.15) is 31.6 Å². The van der Waals surface area contributed by atoms with Crippen LogP contribution in [0.3, 0.4) is 0 Å². The lowest BCUT2D eigenvalue weighted by atomic mass is 9.97. The van der Waals surface area contributed by atoms with Crippen LogP contribution in [-0.2, 0) is 12.4 Å². The van der Waals surface area contributed by atoms with Crippen molar-refractivity contribution < 1.29 is 31.1 Å². The van der Waals surface area contributed by atoms with E-state index in [1.54, 1.807) is 6.07 Å². The molecular formula is C21H12F6N4O. The van der Waals surface area contributed by atoms with Crippen LogP contribution < -0.4 is 5.32 Å². The van der Waals surface area contributed by atoms with Crippen LogP contribution >= 0.6 is 0 Å². The minimum atomic E-state index is -4.83. The summed E-state index contributed by atoms with van der Waals surface area (Å²) in [7, 11) is 0. The molecule has 0 saturated carbocycles. The molecule has 2 aromatic heterocycles. The van der Waals surface area contributed by atoms with Crippen LogP contribution in [0.2, 0.25) is 0 Å². The van der Waals surface area contributed by atoms with Crippen LogP contribution in [-0.4, -0.2) is 15.9 Å². The fourth-order valence-corrected chi connectivity index (χ4v) is 2.86. The third kappa shape index (κ3) is 5.03. The molecule has 1 amide bonds. The van der Waals surface area contributed by atoms with Crippen molar-refractivity contribution in [3.63, 3.8) is 0 Å². The molecule has 0 bridgehead atoms. The van der Waals surface area contributed by atoms with Crippen LogP contribution in [0.5, 0.6) is 0 Å². The van der Waals surface area contributed by atoms with Crippen LogP contribution in [0, 0.1) is 11.3 Å². The maximum absolute atomic E-state index is 13.5. The van der Waals surface area contributed by atoms with E-state index < -0.39 is 41.1 Å². The van der Waals surface area contributed by atoms with Crippen molar-refractivity contribution in [3.05, 3.63) is 94.6 Å². The zero-order valence-corrected chi connectivity index (χ0v) is 15.9. The molecule has 1 atom stereocenters. The van der Waals surface area contributed by atoms with E-state index in [0.717, 1.165) is 36.7 Å². The van der Waals surface area contributed by atoms with E-state index in [9.17, 15) is 31.1 Å². The highest BCUT2D eigenvalue weighted by molar-refractivity contribution is 5.92. The molecule has 1 N–H and O–H groups in total. The number of aromatic nitrogens is 2. The molecule has 0 aliphatic carbocycles.